The molecule has 2 aromatic rings. The van der Waals surface area contributed by atoms with E-state index in [1.807, 2.05) is 13.0 Å². The SMILES string of the molecule is C[C@@H](NCc1ccc(C(=O)O)o1)c1cccc(F)c1. The van der Waals surface area contributed by atoms with Crippen molar-refractivity contribution < 1.29 is 18.7 Å². The average Bonchev–Trinajstić information content (AvgIpc) is 2.85. The molecule has 1 aromatic heterocycles. The molecule has 2 rings (SSSR count). The van der Waals surface area contributed by atoms with E-state index in [1.54, 1.807) is 12.1 Å². The highest BCUT2D eigenvalue weighted by molar-refractivity contribution is 5.84. The molecular formula is C14H14FNO3. The molecule has 0 saturated heterocycles. The summed E-state index contributed by atoms with van der Waals surface area (Å²) in [5.74, 6) is -0.933. The largest absolute Gasteiger partial charge is 0.475 e. The Bertz CT molecular complexity index is 580. The maximum Gasteiger partial charge on any atom is 0.371 e. The first-order valence-electron chi connectivity index (χ1n) is 5.87. The lowest BCUT2D eigenvalue weighted by atomic mass is 10.1. The number of carboxylic acids is 1. The van der Waals surface area contributed by atoms with Crippen molar-refractivity contribution in [3.8, 4) is 0 Å². The van der Waals surface area contributed by atoms with E-state index in [9.17, 15) is 9.18 Å². The van der Waals surface area contributed by atoms with Gasteiger partial charge in [0.15, 0.2) is 0 Å². The van der Waals surface area contributed by atoms with Gasteiger partial charge in [0.05, 0.1) is 6.54 Å². The van der Waals surface area contributed by atoms with Crippen molar-refractivity contribution in [2.45, 2.75) is 19.5 Å². The van der Waals surface area contributed by atoms with Crippen LogP contribution in [0.3, 0.4) is 0 Å². The summed E-state index contributed by atoms with van der Waals surface area (Å²) >= 11 is 0. The molecule has 0 unspecified atom stereocenters. The molecule has 2 N–H and O–H groups in total. The van der Waals surface area contributed by atoms with E-state index in [0.717, 1.165) is 5.56 Å². The van der Waals surface area contributed by atoms with Gasteiger partial charge in [-0.3, -0.25) is 0 Å². The first-order valence-corrected chi connectivity index (χ1v) is 5.87. The standard InChI is InChI=1S/C14H14FNO3/c1-9(10-3-2-4-11(15)7-10)16-8-12-5-6-13(19-12)14(17)18/h2-7,9,16H,8H2,1H3,(H,17,18)/t9-/m1/s1. The molecule has 0 amide bonds. The van der Waals surface area contributed by atoms with Crippen LogP contribution in [0.25, 0.3) is 0 Å². The van der Waals surface area contributed by atoms with Crippen molar-refractivity contribution in [3.63, 3.8) is 0 Å². The van der Waals surface area contributed by atoms with Gasteiger partial charge < -0.3 is 14.8 Å². The van der Waals surface area contributed by atoms with Crippen molar-refractivity contribution in [2.75, 3.05) is 0 Å². The molecule has 0 spiro atoms. The van der Waals surface area contributed by atoms with E-state index in [-0.39, 0.29) is 17.6 Å². The minimum Gasteiger partial charge on any atom is -0.475 e. The molecule has 0 aliphatic heterocycles. The molecule has 1 atom stereocenters. The Hall–Kier alpha value is -2.14. The third-order valence-electron chi connectivity index (χ3n) is 2.80. The summed E-state index contributed by atoms with van der Waals surface area (Å²) in [4.78, 5) is 10.7. The van der Waals surface area contributed by atoms with Crippen LogP contribution in [-0.4, -0.2) is 11.1 Å². The summed E-state index contributed by atoms with van der Waals surface area (Å²) in [5, 5.41) is 11.9. The van der Waals surface area contributed by atoms with Crippen LogP contribution in [-0.2, 0) is 6.54 Å². The van der Waals surface area contributed by atoms with E-state index >= 15 is 0 Å². The molecule has 0 aliphatic carbocycles. The molecule has 4 nitrogen and oxygen atoms in total. The van der Waals surface area contributed by atoms with Crippen molar-refractivity contribution in [2.24, 2.45) is 0 Å². The van der Waals surface area contributed by atoms with E-state index in [1.165, 1.54) is 18.2 Å². The first-order chi connectivity index (χ1) is 9.06. The molecule has 0 fully saturated rings. The van der Waals surface area contributed by atoms with Crippen LogP contribution in [0.4, 0.5) is 4.39 Å². The highest BCUT2D eigenvalue weighted by Gasteiger charge is 2.10. The number of carboxylic acid groups (broad SMARTS) is 1. The summed E-state index contributed by atoms with van der Waals surface area (Å²) in [6.07, 6.45) is 0. The number of hydrogen-bond acceptors (Lipinski definition) is 3. The van der Waals surface area contributed by atoms with Crippen LogP contribution in [0, 0.1) is 5.82 Å². The number of rotatable bonds is 5. The number of nitrogens with one attached hydrogen (secondary N) is 1. The lowest BCUT2D eigenvalue weighted by molar-refractivity contribution is 0.0660. The molecule has 0 radical (unpaired) electrons. The molecule has 1 heterocycles. The minimum absolute atomic E-state index is 0.0610. The molecule has 0 saturated carbocycles. The van der Waals surface area contributed by atoms with Crippen LogP contribution < -0.4 is 5.32 Å². The fourth-order valence-electron chi connectivity index (χ4n) is 1.74. The summed E-state index contributed by atoms with van der Waals surface area (Å²) in [6.45, 7) is 2.28. The number of hydrogen-bond donors (Lipinski definition) is 2. The minimum atomic E-state index is -1.09. The Kier molecular flexibility index (Phi) is 3.97. The van der Waals surface area contributed by atoms with Gasteiger partial charge in [-0.15, -0.1) is 0 Å². The molecular weight excluding hydrogens is 249 g/mol. The third-order valence-corrected chi connectivity index (χ3v) is 2.80. The zero-order chi connectivity index (χ0) is 13.8. The number of aromatic carboxylic acids is 1. The topological polar surface area (TPSA) is 62.5 Å². The van der Waals surface area contributed by atoms with E-state index < -0.39 is 5.97 Å². The maximum atomic E-state index is 13.1. The van der Waals surface area contributed by atoms with Crippen LogP contribution in [0.2, 0.25) is 0 Å². The molecule has 100 valence electrons. The van der Waals surface area contributed by atoms with E-state index in [4.69, 9.17) is 9.52 Å². The zero-order valence-corrected chi connectivity index (χ0v) is 10.4. The second-order valence-electron chi connectivity index (χ2n) is 4.23. The fraction of sp³-hybridized carbons (Fsp3) is 0.214. The second kappa shape index (κ2) is 5.67. The van der Waals surface area contributed by atoms with Gasteiger partial charge in [-0.05, 0) is 36.8 Å². The van der Waals surface area contributed by atoms with E-state index in [0.29, 0.717) is 12.3 Å². The highest BCUT2D eigenvalue weighted by Crippen LogP contribution is 2.15. The normalized spacial score (nSPS) is 12.3. The summed E-state index contributed by atoms with van der Waals surface area (Å²) in [6, 6.07) is 9.28. The van der Waals surface area contributed by atoms with Gasteiger partial charge in [-0.25, -0.2) is 9.18 Å². The van der Waals surface area contributed by atoms with Crippen LogP contribution in [0.5, 0.6) is 0 Å². The second-order valence-corrected chi connectivity index (χ2v) is 4.23. The van der Waals surface area contributed by atoms with E-state index in [2.05, 4.69) is 5.32 Å². The van der Waals surface area contributed by atoms with Gasteiger partial charge in [0.2, 0.25) is 5.76 Å². The molecule has 0 bridgehead atoms. The monoisotopic (exact) mass is 263 g/mol. The molecule has 19 heavy (non-hydrogen) atoms. The van der Waals surface area contributed by atoms with Gasteiger partial charge in [-0.1, -0.05) is 12.1 Å². The third kappa shape index (κ3) is 3.42. The van der Waals surface area contributed by atoms with Gasteiger partial charge in [-0.2, -0.15) is 0 Å². The lowest BCUT2D eigenvalue weighted by Gasteiger charge is -2.13. The quantitative estimate of drug-likeness (QED) is 0.870. The van der Waals surface area contributed by atoms with Gasteiger partial charge in [0.1, 0.15) is 11.6 Å². The van der Waals surface area contributed by atoms with Crippen molar-refractivity contribution in [3.05, 3.63) is 59.3 Å². The maximum absolute atomic E-state index is 13.1. The summed E-state index contributed by atoms with van der Waals surface area (Å²) in [7, 11) is 0. The zero-order valence-electron chi connectivity index (χ0n) is 10.4. The van der Waals surface area contributed by atoms with Gasteiger partial charge >= 0.3 is 5.97 Å². The Morgan fingerprint density at radius 1 is 1.42 bits per heavy atom. The van der Waals surface area contributed by atoms with Crippen molar-refractivity contribution >= 4 is 5.97 Å². The molecule has 0 aliphatic rings. The van der Waals surface area contributed by atoms with Gasteiger partial charge in [0, 0.05) is 6.04 Å². The number of benzene rings is 1. The van der Waals surface area contributed by atoms with Gasteiger partial charge in [0.25, 0.3) is 0 Å². The van der Waals surface area contributed by atoms with Crippen LogP contribution in [0.15, 0.2) is 40.8 Å². The Morgan fingerprint density at radius 3 is 2.84 bits per heavy atom. The predicted octanol–water partition coefficient (Wildman–Crippen LogP) is 2.97. The Balaban J connectivity index is 1.96. The number of carbonyl (C=O) groups is 1. The van der Waals surface area contributed by atoms with Crippen molar-refractivity contribution in [1.29, 1.82) is 0 Å². The number of furan rings is 1. The molecule has 5 heteroatoms. The number of halogens is 1. The first kappa shape index (κ1) is 13.3. The average molecular weight is 263 g/mol. The smallest absolute Gasteiger partial charge is 0.371 e. The Morgan fingerprint density at radius 2 is 2.21 bits per heavy atom. The van der Waals surface area contributed by atoms with Crippen molar-refractivity contribution in [1.82, 2.24) is 5.32 Å². The summed E-state index contributed by atoms with van der Waals surface area (Å²) in [5.41, 5.74) is 0.824. The summed E-state index contributed by atoms with van der Waals surface area (Å²) < 4.78 is 18.2. The molecule has 1 aromatic carbocycles. The Labute approximate surface area is 109 Å². The fourth-order valence-corrected chi connectivity index (χ4v) is 1.74. The lowest BCUT2D eigenvalue weighted by Crippen LogP contribution is -2.17. The highest BCUT2D eigenvalue weighted by atomic mass is 19.1. The predicted molar refractivity (Wildman–Crippen MR) is 67.3 cm³/mol. The van der Waals surface area contributed by atoms with Crippen LogP contribution in [0.1, 0.15) is 34.8 Å². The van der Waals surface area contributed by atoms with Crippen LogP contribution >= 0.6 is 0 Å².